The number of hydrogen-bond donors (Lipinski definition) is 0. The summed E-state index contributed by atoms with van der Waals surface area (Å²) in [7, 11) is -0.826. The number of carbonyl (C=O) groups excluding carboxylic acids is 1. The Bertz CT molecular complexity index is 388. The molecule has 2 heterocycles. The molecule has 6 nitrogen and oxygen atoms in total. The summed E-state index contributed by atoms with van der Waals surface area (Å²) in [5.41, 5.74) is 0. The summed E-state index contributed by atoms with van der Waals surface area (Å²) in [6, 6.07) is 0. The lowest BCUT2D eigenvalue weighted by molar-refractivity contribution is -0.132. The molecule has 0 aromatic carbocycles. The largest absolute Gasteiger partial charge is 0.340 e. The lowest BCUT2D eigenvalue weighted by atomic mass is 10.3. The van der Waals surface area contributed by atoms with E-state index in [0.717, 1.165) is 26.2 Å². The van der Waals surface area contributed by atoms with Gasteiger partial charge in [-0.15, -0.1) is 0 Å². The van der Waals surface area contributed by atoms with Gasteiger partial charge in [0.2, 0.25) is 5.91 Å². The van der Waals surface area contributed by atoms with Crippen molar-refractivity contribution in [3.8, 4) is 0 Å². The van der Waals surface area contributed by atoms with Crippen molar-refractivity contribution in [2.24, 2.45) is 0 Å². The topological polar surface area (TPSA) is 60.9 Å². The van der Waals surface area contributed by atoms with E-state index in [2.05, 4.69) is 16.8 Å². The molecular weight excluding hydrogens is 254 g/mol. The Morgan fingerprint density at radius 2 is 1.56 bits per heavy atom. The average molecular weight is 275 g/mol. The van der Waals surface area contributed by atoms with Crippen LogP contribution in [0.1, 0.15) is 0 Å². The van der Waals surface area contributed by atoms with Gasteiger partial charge < -0.3 is 9.80 Å². The Morgan fingerprint density at radius 3 is 2.11 bits per heavy atom. The molecule has 0 saturated carbocycles. The van der Waals surface area contributed by atoms with E-state index in [1.807, 2.05) is 0 Å². The van der Waals surface area contributed by atoms with Crippen LogP contribution in [0.5, 0.6) is 0 Å². The Hall–Kier alpha value is -0.660. The van der Waals surface area contributed by atoms with Crippen LogP contribution in [0.15, 0.2) is 0 Å². The second-order valence-electron chi connectivity index (χ2n) is 5.11. The minimum absolute atomic E-state index is 0.0643. The van der Waals surface area contributed by atoms with Gasteiger partial charge in [-0.1, -0.05) is 0 Å². The van der Waals surface area contributed by atoms with Crippen LogP contribution in [0.3, 0.4) is 0 Å². The minimum atomic E-state index is -2.90. The molecule has 0 aliphatic carbocycles. The maximum Gasteiger partial charge on any atom is 0.236 e. The molecule has 2 fully saturated rings. The van der Waals surface area contributed by atoms with Crippen molar-refractivity contribution in [3.63, 3.8) is 0 Å². The van der Waals surface area contributed by atoms with E-state index < -0.39 is 9.84 Å². The molecule has 0 aromatic heterocycles. The summed E-state index contributed by atoms with van der Waals surface area (Å²) in [5, 5.41) is 0. The maximum absolute atomic E-state index is 12.0. The summed E-state index contributed by atoms with van der Waals surface area (Å²) in [6.45, 7) is 4.93. The van der Waals surface area contributed by atoms with E-state index in [0.29, 0.717) is 19.6 Å². The molecule has 104 valence electrons. The van der Waals surface area contributed by atoms with Gasteiger partial charge in [0.25, 0.3) is 0 Å². The van der Waals surface area contributed by atoms with Crippen LogP contribution in [0.25, 0.3) is 0 Å². The maximum atomic E-state index is 12.0. The second-order valence-corrected chi connectivity index (χ2v) is 7.42. The highest BCUT2D eigenvalue weighted by molar-refractivity contribution is 7.91. The first kappa shape index (κ1) is 13.8. The Kier molecular flexibility index (Phi) is 4.24. The molecule has 0 radical (unpaired) electrons. The molecule has 0 N–H and O–H groups in total. The van der Waals surface area contributed by atoms with Gasteiger partial charge in [0, 0.05) is 39.3 Å². The second kappa shape index (κ2) is 5.54. The minimum Gasteiger partial charge on any atom is -0.340 e. The molecular formula is C11H21N3O3S. The van der Waals surface area contributed by atoms with Crippen LogP contribution in [0, 0.1) is 0 Å². The molecule has 2 rings (SSSR count). The SMILES string of the molecule is CN1CCN(CC(=O)N2CCS(=O)(=O)CC2)CC1. The molecule has 2 saturated heterocycles. The monoisotopic (exact) mass is 275 g/mol. The molecule has 0 bridgehead atoms. The van der Waals surface area contributed by atoms with Crippen LogP contribution in [0.4, 0.5) is 0 Å². The van der Waals surface area contributed by atoms with E-state index in [9.17, 15) is 13.2 Å². The summed E-state index contributed by atoms with van der Waals surface area (Å²) in [4.78, 5) is 18.1. The highest BCUT2D eigenvalue weighted by Gasteiger charge is 2.26. The number of carbonyl (C=O) groups is 1. The average Bonchev–Trinajstić information content (AvgIpc) is 2.32. The summed E-state index contributed by atoms with van der Waals surface area (Å²) < 4.78 is 22.6. The fourth-order valence-corrected chi connectivity index (χ4v) is 3.46. The van der Waals surface area contributed by atoms with Gasteiger partial charge in [0.1, 0.15) is 0 Å². The molecule has 0 atom stereocenters. The summed E-state index contributed by atoms with van der Waals surface area (Å²) in [6.07, 6.45) is 0. The van der Waals surface area contributed by atoms with Crippen LogP contribution < -0.4 is 0 Å². The molecule has 2 aliphatic rings. The number of piperazine rings is 1. The highest BCUT2D eigenvalue weighted by atomic mass is 32.2. The van der Waals surface area contributed by atoms with Crippen molar-refractivity contribution < 1.29 is 13.2 Å². The molecule has 0 unspecified atom stereocenters. The Morgan fingerprint density at radius 1 is 1.00 bits per heavy atom. The number of amides is 1. The van der Waals surface area contributed by atoms with Crippen molar-refractivity contribution in [2.45, 2.75) is 0 Å². The predicted molar refractivity (Wildman–Crippen MR) is 69.2 cm³/mol. The van der Waals surface area contributed by atoms with Gasteiger partial charge >= 0.3 is 0 Å². The normalized spacial score (nSPS) is 26.2. The quantitative estimate of drug-likeness (QED) is 0.613. The van der Waals surface area contributed by atoms with Crippen LogP contribution in [0.2, 0.25) is 0 Å². The van der Waals surface area contributed by atoms with E-state index in [1.165, 1.54) is 0 Å². The first-order valence-corrected chi connectivity index (χ1v) is 8.17. The third-order valence-corrected chi connectivity index (χ3v) is 5.26. The lowest BCUT2D eigenvalue weighted by Crippen LogP contribution is -2.51. The van der Waals surface area contributed by atoms with Gasteiger partial charge in [-0.05, 0) is 7.05 Å². The molecule has 1 amide bonds. The summed E-state index contributed by atoms with van der Waals surface area (Å²) >= 11 is 0. The smallest absolute Gasteiger partial charge is 0.236 e. The number of hydrogen-bond acceptors (Lipinski definition) is 5. The van der Waals surface area contributed by atoms with Crippen LogP contribution in [-0.2, 0) is 14.6 Å². The third kappa shape index (κ3) is 3.66. The third-order valence-electron chi connectivity index (χ3n) is 3.65. The van der Waals surface area contributed by atoms with Crippen LogP contribution >= 0.6 is 0 Å². The first-order valence-electron chi connectivity index (χ1n) is 6.35. The van der Waals surface area contributed by atoms with E-state index in [-0.39, 0.29) is 17.4 Å². The van der Waals surface area contributed by atoms with Crippen molar-refractivity contribution in [2.75, 3.05) is 64.4 Å². The van der Waals surface area contributed by atoms with Gasteiger partial charge in [0.05, 0.1) is 18.1 Å². The van der Waals surface area contributed by atoms with Crippen molar-refractivity contribution in [1.29, 1.82) is 0 Å². The standard InChI is InChI=1S/C11H21N3O3S/c1-12-2-4-13(5-3-12)10-11(15)14-6-8-18(16,17)9-7-14/h2-10H2,1H3. The zero-order valence-corrected chi connectivity index (χ0v) is 11.7. The van der Waals surface area contributed by atoms with Gasteiger partial charge in [-0.25, -0.2) is 8.42 Å². The van der Waals surface area contributed by atoms with Crippen molar-refractivity contribution in [1.82, 2.24) is 14.7 Å². The molecule has 0 spiro atoms. The predicted octanol–water partition coefficient (Wildman–Crippen LogP) is -1.51. The molecule has 2 aliphatic heterocycles. The number of likely N-dealkylation sites (N-methyl/N-ethyl adjacent to an activating group) is 1. The van der Waals surface area contributed by atoms with E-state index in [4.69, 9.17) is 0 Å². The number of rotatable bonds is 2. The number of sulfone groups is 1. The van der Waals surface area contributed by atoms with Gasteiger partial charge in [0.15, 0.2) is 9.84 Å². The van der Waals surface area contributed by atoms with Crippen molar-refractivity contribution in [3.05, 3.63) is 0 Å². The van der Waals surface area contributed by atoms with Crippen molar-refractivity contribution >= 4 is 15.7 Å². The zero-order chi connectivity index (χ0) is 13.2. The molecule has 7 heteroatoms. The number of nitrogens with zero attached hydrogens (tertiary/aromatic N) is 3. The molecule has 0 aromatic rings. The Labute approximate surface area is 108 Å². The fraction of sp³-hybridized carbons (Fsp3) is 0.909. The van der Waals surface area contributed by atoms with Gasteiger partial charge in [-0.3, -0.25) is 9.69 Å². The zero-order valence-electron chi connectivity index (χ0n) is 10.8. The van der Waals surface area contributed by atoms with E-state index in [1.54, 1.807) is 4.90 Å². The van der Waals surface area contributed by atoms with Gasteiger partial charge in [-0.2, -0.15) is 0 Å². The first-order chi connectivity index (χ1) is 8.46. The fourth-order valence-electron chi connectivity index (χ4n) is 2.26. The van der Waals surface area contributed by atoms with E-state index >= 15 is 0 Å². The Balaban J connectivity index is 1.78. The lowest BCUT2D eigenvalue weighted by Gasteiger charge is -2.34. The summed E-state index contributed by atoms with van der Waals surface area (Å²) in [5.74, 6) is 0.289. The molecule has 18 heavy (non-hydrogen) atoms. The van der Waals surface area contributed by atoms with Crippen LogP contribution in [-0.4, -0.2) is 93.4 Å². The highest BCUT2D eigenvalue weighted by Crippen LogP contribution is 2.06.